The lowest BCUT2D eigenvalue weighted by atomic mass is 9.92. The van der Waals surface area contributed by atoms with Crippen molar-refractivity contribution in [3.63, 3.8) is 0 Å². The Hall–Kier alpha value is -5.86. The van der Waals surface area contributed by atoms with Crippen LogP contribution >= 0.6 is 0 Å². The van der Waals surface area contributed by atoms with Crippen LogP contribution in [-0.2, 0) is 19.3 Å². The molecule has 0 unspecified atom stereocenters. The third-order valence-corrected chi connectivity index (χ3v) is 10.2. The second-order valence-electron chi connectivity index (χ2n) is 14.3. The van der Waals surface area contributed by atoms with Crippen molar-refractivity contribution in [2.75, 3.05) is 11.9 Å². The molecule has 0 bridgehead atoms. The topological polar surface area (TPSA) is 16.4 Å². The number of hydrogen-bond acceptors (Lipinski definition) is 2. The number of furan rings is 1. The molecule has 55 heavy (non-hydrogen) atoms. The summed E-state index contributed by atoms with van der Waals surface area (Å²) in [6.45, 7) is 10.2. The van der Waals surface area contributed by atoms with Gasteiger partial charge in [0.25, 0.3) is 0 Å². The molecule has 0 aliphatic heterocycles. The summed E-state index contributed by atoms with van der Waals surface area (Å²) in [6.07, 6.45) is 35.3. The molecule has 0 fully saturated rings. The van der Waals surface area contributed by atoms with E-state index in [9.17, 15) is 0 Å². The van der Waals surface area contributed by atoms with Gasteiger partial charge in [-0.25, -0.2) is 0 Å². The Balaban J connectivity index is 1.44. The average Bonchev–Trinajstić information content (AvgIpc) is 3.34. The monoisotopic (exact) mass is 721 g/mol. The van der Waals surface area contributed by atoms with E-state index in [1.165, 1.54) is 56.6 Å². The van der Waals surface area contributed by atoms with E-state index in [4.69, 9.17) is 4.42 Å². The lowest BCUT2D eigenvalue weighted by molar-refractivity contribution is 0.601. The molecular weight excluding hydrogens is 667 g/mol. The maximum atomic E-state index is 6.22. The van der Waals surface area contributed by atoms with E-state index in [0.717, 1.165) is 66.5 Å². The van der Waals surface area contributed by atoms with Gasteiger partial charge in [0.2, 0.25) is 0 Å². The highest BCUT2D eigenvalue weighted by Gasteiger charge is 2.18. The maximum Gasteiger partial charge on any atom is 0.135 e. The molecule has 4 aromatic carbocycles. The summed E-state index contributed by atoms with van der Waals surface area (Å²) in [4.78, 5) is 2.36. The molecule has 1 heterocycles. The Morgan fingerprint density at radius 3 is 2.53 bits per heavy atom. The van der Waals surface area contributed by atoms with Crippen LogP contribution in [0.25, 0.3) is 28.2 Å². The van der Waals surface area contributed by atoms with Crippen molar-refractivity contribution >= 4 is 39.6 Å². The van der Waals surface area contributed by atoms with Gasteiger partial charge in [0.15, 0.2) is 0 Å². The first-order valence-electron chi connectivity index (χ1n) is 19.9. The molecule has 0 radical (unpaired) electrons. The normalized spacial score (nSPS) is 13.8. The largest absolute Gasteiger partial charge is 0.456 e. The lowest BCUT2D eigenvalue weighted by Gasteiger charge is -2.26. The number of hydrogen-bond donors (Lipinski definition) is 0. The summed E-state index contributed by atoms with van der Waals surface area (Å²) in [5, 5.41) is 1.12. The highest BCUT2D eigenvalue weighted by Crippen LogP contribution is 2.38. The van der Waals surface area contributed by atoms with Gasteiger partial charge in [-0.3, -0.25) is 0 Å². The number of aryl methyl sites for hydroxylation is 1. The van der Waals surface area contributed by atoms with Crippen LogP contribution in [0.3, 0.4) is 0 Å². The molecule has 2 nitrogen and oxygen atoms in total. The number of allylic oxidation sites excluding steroid dienone is 14. The standard InChI is InChI=1S/C53H55NO/c1-6-9-12-18-27-46-28-21-29-49(53(46)54(5)48-33-34-52-50(39-48)40(4)51(55-52)30-11-8-3)45(24-10-7-2)32-31-42-36-43(35-41-22-16-15-17-23-41)38-47(37-42)44-25-19-13-14-20-26-44/h6,8-12,15-19,21-26,28-30,32-34,36-39H,3,7,13-14,20,27,31,35H2,1-2,4-5H3/b9-6-,18-12-,24-10-,30-11-,45-32+. The molecular formula is C53H55NO. The van der Waals surface area contributed by atoms with Crippen molar-refractivity contribution in [3.8, 4) is 0 Å². The van der Waals surface area contributed by atoms with Crippen molar-refractivity contribution in [2.45, 2.75) is 65.7 Å². The average molecular weight is 722 g/mol. The van der Waals surface area contributed by atoms with Crippen LogP contribution < -0.4 is 4.90 Å². The molecule has 0 N–H and O–H groups in total. The molecule has 0 saturated heterocycles. The van der Waals surface area contributed by atoms with Crippen molar-refractivity contribution in [3.05, 3.63) is 209 Å². The fourth-order valence-electron chi connectivity index (χ4n) is 7.36. The van der Waals surface area contributed by atoms with Gasteiger partial charge in [0.1, 0.15) is 11.3 Å². The summed E-state index contributed by atoms with van der Waals surface area (Å²) >= 11 is 0. The van der Waals surface area contributed by atoms with Crippen molar-refractivity contribution in [1.29, 1.82) is 0 Å². The number of para-hydroxylation sites is 1. The van der Waals surface area contributed by atoms with Crippen molar-refractivity contribution < 1.29 is 4.42 Å². The van der Waals surface area contributed by atoms with Crippen molar-refractivity contribution in [1.82, 2.24) is 0 Å². The summed E-state index contributed by atoms with van der Waals surface area (Å²) in [5.41, 5.74) is 14.7. The minimum Gasteiger partial charge on any atom is -0.456 e. The van der Waals surface area contributed by atoms with E-state index in [2.05, 4.69) is 185 Å². The van der Waals surface area contributed by atoms with Crippen LogP contribution in [-0.4, -0.2) is 7.05 Å². The van der Waals surface area contributed by atoms with Gasteiger partial charge in [0.05, 0.1) is 5.69 Å². The smallest absolute Gasteiger partial charge is 0.135 e. The number of benzene rings is 4. The van der Waals surface area contributed by atoms with E-state index in [-0.39, 0.29) is 0 Å². The molecule has 6 rings (SSSR count). The summed E-state index contributed by atoms with van der Waals surface area (Å²) in [7, 11) is 2.20. The second kappa shape index (κ2) is 19.5. The van der Waals surface area contributed by atoms with Crippen LogP contribution in [0.2, 0.25) is 0 Å². The van der Waals surface area contributed by atoms with E-state index in [0.29, 0.717) is 0 Å². The van der Waals surface area contributed by atoms with Crippen LogP contribution in [0, 0.1) is 6.92 Å². The number of nitrogens with zero attached hydrogens (tertiary/aromatic N) is 1. The highest BCUT2D eigenvalue weighted by molar-refractivity contribution is 5.91. The molecule has 1 aromatic heterocycles. The molecule has 0 amide bonds. The number of rotatable bonds is 15. The third kappa shape index (κ3) is 10.0. The zero-order valence-electron chi connectivity index (χ0n) is 33.1. The van der Waals surface area contributed by atoms with Gasteiger partial charge in [-0.2, -0.15) is 0 Å². The first-order chi connectivity index (χ1) is 27.0. The Bertz CT molecular complexity index is 2300. The zero-order valence-corrected chi connectivity index (χ0v) is 33.1. The lowest BCUT2D eigenvalue weighted by Crippen LogP contribution is -2.14. The molecule has 278 valence electrons. The van der Waals surface area contributed by atoms with Gasteiger partial charge in [0, 0.05) is 29.2 Å². The zero-order chi connectivity index (χ0) is 38.4. The Morgan fingerprint density at radius 1 is 0.855 bits per heavy atom. The van der Waals surface area contributed by atoms with Gasteiger partial charge >= 0.3 is 0 Å². The van der Waals surface area contributed by atoms with Gasteiger partial charge in [-0.05, 0) is 122 Å². The van der Waals surface area contributed by atoms with E-state index in [1.54, 1.807) is 6.08 Å². The van der Waals surface area contributed by atoms with Gasteiger partial charge < -0.3 is 9.32 Å². The number of fused-ring (bicyclic) bond motifs is 1. The Kier molecular flexibility index (Phi) is 13.7. The first-order valence-corrected chi connectivity index (χ1v) is 19.9. The quantitative estimate of drug-likeness (QED) is 0.100. The molecule has 0 saturated carbocycles. The summed E-state index contributed by atoms with van der Waals surface area (Å²) in [6, 6.07) is 31.3. The van der Waals surface area contributed by atoms with Gasteiger partial charge in [-0.15, -0.1) is 0 Å². The van der Waals surface area contributed by atoms with Crippen LogP contribution in [0.1, 0.15) is 84.2 Å². The summed E-state index contributed by atoms with van der Waals surface area (Å²) in [5.74, 6) is 0.863. The fraction of sp³-hybridized carbons (Fsp3) is 0.208. The Morgan fingerprint density at radius 2 is 1.71 bits per heavy atom. The second-order valence-corrected chi connectivity index (χ2v) is 14.3. The third-order valence-electron chi connectivity index (χ3n) is 10.2. The van der Waals surface area contributed by atoms with Crippen LogP contribution in [0.4, 0.5) is 11.4 Å². The van der Waals surface area contributed by atoms with E-state index in [1.807, 2.05) is 12.2 Å². The SMILES string of the molecule is C=C/C=C\c1oc2ccc(N(C)c3c(C/C=C\C=C/C)cccc3C(/C=C\CC)=C/Cc3cc(Cc4ccccc4)cc(C4=CCCCC=C4)c3)cc2c1C. The highest BCUT2D eigenvalue weighted by atomic mass is 16.3. The molecule has 0 spiro atoms. The predicted molar refractivity (Wildman–Crippen MR) is 240 cm³/mol. The van der Waals surface area contributed by atoms with Gasteiger partial charge in [-0.1, -0.05) is 153 Å². The number of anilines is 2. The minimum absolute atomic E-state index is 0.819. The van der Waals surface area contributed by atoms with E-state index >= 15 is 0 Å². The first kappa shape index (κ1) is 38.9. The minimum atomic E-state index is 0.819. The van der Waals surface area contributed by atoms with Crippen LogP contribution in [0.15, 0.2) is 169 Å². The molecule has 1 aliphatic carbocycles. The molecule has 0 atom stereocenters. The predicted octanol–water partition coefficient (Wildman–Crippen LogP) is 14.7. The maximum absolute atomic E-state index is 6.22. The molecule has 5 aromatic rings. The molecule has 1 aliphatic rings. The summed E-state index contributed by atoms with van der Waals surface area (Å²) < 4.78 is 6.22. The molecule has 2 heteroatoms. The van der Waals surface area contributed by atoms with Crippen molar-refractivity contribution in [2.24, 2.45) is 0 Å². The van der Waals surface area contributed by atoms with E-state index < -0.39 is 0 Å². The Labute approximate surface area is 329 Å². The van der Waals surface area contributed by atoms with Crippen LogP contribution in [0.5, 0.6) is 0 Å². The fourth-order valence-corrected chi connectivity index (χ4v) is 7.36.